The molecule has 28 heavy (non-hydrogen) atoms. The van der Waals surface area contributed by atoms with Gasteiger partial charge >= 0.3 is 0 Å². The number of imide groups is 1. The van der Waals surface area contributed by atoms with Crippen LogP contribution in [-0.2, 0) is 11.2 Å². The third-order valence-electron chi connectivity index (χ3n) is 4.65. The molecule has 8 heteroatoms. The third-order valence-corrected chi connectivity index (χ3v) is 5.47. The molecular weight excluding hydrogens is 376 g/mol. The zero-order valence-corrected chi connectivity index (χ0v) is 16.0. The number of carbonyl (C=O) groups is 3. The fourth-order valence-electron chi connectivity index (χ4n) is 3.15. The normalized spacial score (nSPS) is 13.0. The fourth-order valence-corrected chi connectivity index (χ4v) is 3.78. The van der Waals surface area contributed by atoms with Crippen LogP contribution in [0, 0.1) is 6.92 Å². The van der Waals surface area contributed by atoms with E-state index in [1.807, 2.05) is 18.4 Å². The van der Waals surface area contributed by atoms with E-state index in [1.165, 1.54) is 18.4 Å². The molecule has 1 aliphatic heterocycles. The van der Waals surface area contributed by atoms with Crippen molar-refractivity contribution in [1.29, 1.82) is 0 Å². The lowest BCUT2D eigenvalue weighted by Gasteiger charge is -2.11. The van der Waals surface area contributed by atoms with Crippen molar-refractivity contribution in [1.82, 2.24) is 14.9 Å². The van der Waals surface area contributed by atoms with Crippen molar-refractivity contribution < 1.29 is 14.4 Å². The number of aryl methyl sites for hydroxylation is 1. The lowest BCUT2D eigenvalue weighted by Crippen LogP contribution is -2.25. The van der Waals surface area contributed by atoms with Crippen LogP contribution >= 0.6 is 11.3 Å². The Bertz CT molecular complexity index is 1090. The number of carbonyl (C=O) groups excluding carboxylic acids is 3. The molecule has 0 radical (unpaired) electrons. The van der Waals surface area contributed by atoms with Gasteiger partial charge in [-0.25, -0.2) is 9.97 Å². The van der Waals surface area contributed by atoms with Crippen molar-refractivity contribution in [2.45, 2.75) is 13.3 Å². The molecule has 0 bridgehead atoms. The number of hydrogen-bond acceptors (Lipinski definition) is 6. The van der Waals surface area contributed by atoms with Gasteiger partial charge in [0.1, 0.15) is 10.8 Å². The van der Waals surface area contributed by atoms with Crippen LogP contribution in [0.2, 0.25) is 0 Å². The van der Waals surface area contributed by atoms with E-state index in [0.29, 0.717) is 22.5 Å². The van der Waals surface area contributed by atoms with Gasteiger partial charge in [0.15, 0.2) is 0 Å². The van der Waals surface area contributed by atoms with Crippen LogP contribution in [0.15, 0.2) is 42.0 Å². The summed E-state index contributed by atoms with van der Waals surface area (Å²) in [6, 6.07) is 6.94. The van der Waals surface area contributed by atoms with Gasteiger partial charge in [0.2, 0.25) is 5.91 Å². The van der Waals surface area contributed by atoms with Crippen LogP contribution in [0.25, 0.3) is 10.6 Å². The predicted molar refractivity (Wildman–Crippen MR) is 105 cm³/mol. The van der Waals surface area contributed by atoms with Crippen LogP contribution in [-0.4, -0.2) is 39.6 Å². The van der Waals surface area contributed by atoms with E-state index in [-0.39, 0.29) is 24.1 Å². The van der Waals surface area contributed by atoms with Gasteiger partial charge in [-0.05, 0) is 36.2 Å². The number of thiazole rings is 1. The first kappa shape index (κ1) is 18.0. The van der Waals surface area contributed by atoms with E-state index < -0.39 is 0 Å². The highest BCUT2D eigenvalue weighted by Gasteiger charge is 2.35. The van der Waals surface area contributed by atoms with E-state index in [1.54, 1.807) is 30.6 Å². The van der Waals surface area contributed by atoms with Crippen LogP contribution < -0.4 is 5.32 Å². The van der Waals surface area contributed by atoms with Crippen LogP contribution in [0.4, 0.5) is 5.82 Å². The minimum Gasteiger partial charge on any atom is -0.310 e. The zero-order chi connectivity index (χ0) is 19.8. The van der Waals surface area contributed by atoms with Gasteiger partial charge in [0.25, 0.3) is 11.8 Å². The Hall–Kier alpha value is -3.39. The molecule has 0 fully saturated rings. The largest absolute Gasteiger partial charge is 0.310 e. The first-order valence-electron chi connectivity index (χ1n) is 8.56. The summed E-state index contributed by atoms with van der Waals surface area (Å²) in [5.41, 5.74) is 2.88. The van der Waals surface area contributed by atoms with Crippen LogP contribution in [0.1, 0.15) is 31.8 Å². The Morgan fingerprint density at radius 1 is 1.14 bits per heavy atom. The number of nitrogens with zero attached hydrogens (tertiary/aromatic N) is 3. The van der Waals surface area contributed by atoms with Crippen molar-refractivity contribution in [3.8, 4) is 10.6 Å². The Morgan fingerprint density at radius 2 is 1.96 bits per heavy atom. The van der Waals surface area contributed by atoms with Gasteiger partial charge in [-0.2, -0.15) is 0 Å². The van der Waals surface area contributed by atoms with Crippen molar-refractivity contribution in [3.05, 3.63) is 64.3 Å². The molecule has 0 aliphatic carbocycles. The molecule has 1 aliphatic rings. The van der Waals surface area contributed by atoms with Crippen molar-refractivity contribution in [2.75, 3.05) is 12.4 Å². The zero-order valence-electron chi connectivity index (χ0n) is 15.2. The average molecular weight is 392 g/mol. The number of rotatable bonds is 4. The van der Waals surface area contributed by atoms with Gasteiger partial charge in [-0.3, -0.25) is 19.3 Å². The molecule has 7 nitrogen and oxygen atoms in total. The number of benzene rings is 1. The molecule has 0 atom stereocenters. The number of nitrogens with one attached hydrogen (secondary N) is 1. The first-order chi connectivity index (χ1) is 13.5. The maximum atomic E-state index is 12.5. The van der Waals surface area contributed by atoms with Crippen LogP contribution in [0.3, 0.4) is 0 Å². The topological polar surface area (TPSA) is 92.3 Å². The average Bonchev–Trinajstić information content (AvgIpc) is 3.29. The highest BCUT2D eigenvalue weighted by molar-refractivity contribution is 7.13. The Kier molecular flexibility index (Phi) is 4.48. The SMILES string of the molecule is Cc1ccc2c(c1CC(=O)Nc1ccc(-c3nccs3)cn1)C(=O)N(C)C2=O. The summed E-state index contributed by atoms with van der Waals surface area (Å²) in [5, 5.41) is 5.48. The van der Waals surface area contributed by atoms with Crippen LogP contribution in [0.5, 0.6) is 0 Å². The van der Waals surface area contributed by atoms with Crippen molar-refractivity contribution in [3.63, 3.8) is 0 Å². The van der Waals surface area contributed by atoms with E-state index in [2.05, 4.69) is 15.3 Å². The molecule has 140 valence electrons. The molecule has 0 saturated heterocycles. The summed E-state index contributed by atoms with van der Waals surface area (Å²) in [4.78, 5) is 46.7. The first-order valence-corrected chi connectivity index (χ1v) is 9.44. The molecule has 0 unspecified atom stereocenters. The Morgan fingerprint density at radius 3 is 2.64 bits per heavy atom. The monoisotopic (exact) mass is 392 g/mol. The highest BCUT2D eigenvalue weighted by Crippen LogP contribution is 2.28. The molecular formula is C20H16N4O3S. The standard InChI is InChI=1S/C20H16N4O3S/c1-11-3-5-13-17(20(27)24(2)19(13)26)14(11)9-16(25)23-15-6-4-12(10-22-15)18-21-7-8-28-18/h3-8,10H,9H2,1-2H3,(H,22,23,25). The highest BCUT2D eigenvalue weighted by atomic mass is 32.1. The second kappa shape index (κ2) is 6.97. The molecule has 0 spiro atoms. The lowest BCUT2D eigenvalue weighted by atomic mass is 9.95. The minimum atomic E-state index is -0.377. The van der Waals surface area contributed by atoms with Gasteiger partial charge in [-0.1, -0.05) is 6.07 Å². The second-order valence-corrected chi connectivity index (χ2v) is 7.34. The molecule has 3 amide bonds. The number of fused-ring (bicyclic) bond motifs is 1. The number of amides is 3. The molecule has 4 rings (SSSR count). The summed E-state index contributed by atoms with van der Waals surface area (Å²) in [7, 11) is 1.44. The maximum Gasteiger partial charge on any atom is 0.261 e. The number of hydrogen-bond donors (Lipinski definition) is 1. The summed E-state index contributed by atoms with van der Waals surface area (Å²) in [6.45, 7) is 1.82. The minimum absolute atomic E-state index is 0.0161. The quantitative estimate of drug-likeness (QED) is 0.689. The van der Waals surface area contributed by atoms with E-state index in [4.69, 9.17) is 0 Å². The molecule has 0 saturated carbocycles. The lowest BCUT2D eigenvalue weighted by molar-refractivity contribution is -0.115. The summed E-state index contributed by atoms with van der Waals surface area (Å²) < 4.78 is 0. The molecule has 3 aromatic rings. The van der Waals surface area contributed by atoms with E-state index in [9.17, 15) is 14.4 Å². The molecule has 2 aromatic heterocycles. The third kappa shape index (κ3) is 3.07. The number of aromatic nitrogens is 2. The molecule has 1 aromatic carbocycles. The maximum absolute atomic E-state index is 12.5. The smallest absolute Gasteiger partial charge is 0.261 e. The summed E-state index contributed by atoms with van der Waals surface area (Å²) in [6.07, 6.45) is 3.36. The van der Waals surface area contributed by atoms with Gasteiger partial charge in [-0.15, -0.1) is 11.3 Å². The van der Waals surface area contributed by atoms with E-state index in [0.717, 1.165) is 21.0 Å². The predicted octanol–water partition coefficient (Wildman–Crippen LogP) is 2.92. The number of pyridine rings is 1. The Labute approximate surface area is 165 Å². The number of anilines is 1. The molecule has 3 heterocycles. The van der Waals surface area contributed by atoms with Crippen molar-refractivity contribution in [2.24, 2.45) is 0 Å². The second-order valence-electron chi connectivity index (χ2n) is 6.45. The van der Waals surface area contributed by atoms with Gasteiger partial charge in [0.05, 0.1) is 17.5 Å². The Balaban J connectivity index is 1.54. The van der Waals surface area contributed by atoms with Gasteiger partial charge in [0, 0.05) is 30.4 Å². The van der Waals surface area contributed by atoms with Crippen molar-refractivity contribution >= 4 is 34.9 Å². The summed E-state index contributed by atoms with van der Waals surface area (Å²) in [5.74, 6) is -0.616. The fraction of sp³-hybridized carbons (Fsp3) is 0.150. The van der Waals surface area contributed by atoms with E-state index >= 15 is 0 Å². The van der Waals surface area contributed by atoms with Gasteiger partial charge < -0.3 is 5.32 Å². The summed E-state index contributed by atoms with van der Waals surface area (Å²) >= 11 is 1.51. The molecule has 1 N–H and O–H groups in total.